The number of carbonyl (C=O) groups is 3. The average Bonchev–Trinajstić information content (AvgIpc) is 3.83. The lowest BCUT2D eigenvalue weighted by molar-refractivity contribution is -0.127. The van der Waals surface area contributed by atoms with Crippen molar-refractivity contribution in [3.63, 3.8) is 0 Å². The Balaban J connectivity index is 1.48. The molecule has 0 aliphatic rings. The average molecular weight is 721 g/mol. The van der Waals surface area contributed by atoms with Crippen molar-refractivity contribution >= 4 is 40.7 Å². The van der Waals surface area contributed by atoms with E-state index in [2.05, 4.69) is 25.9 Å². The Kier molecular flexibility index (Phi) is 15.7. The van der Waals surface area contributed by atoms with Crippen molar-refractivity contribution in [2.45, 2.75) is 83.8 Å². The van der Waals surface area contributed by atoms with Gasteiger partial charge in [-0.3, -0.25) is 14.8 Å². The summed E-state index contributed by atoms with van der Waals surface area (Å²) in [7, 11) is 1.68. The molecule has 268 valence electrons. The number of amides is 4. The summed E-state index contributed by atoms with van der Waals surface area (Å²) in [5.74, 6) is -0.0855. The molecule has 11 nitrogen and oxygen atoms in total. The maximum absolute atomic E-state index is 14.1. The minimum atomic E-state index is -0.941. The Hall–Kier alpha value is -4.33. The topological polar surface area (TPSA) is 135 Å². The van der Waals surface area contributed by atoms with Crippen LogP contribution in [0.1, 0.15) is 54.5 Å². The Morgan fingerprint density at radius 1 is 0.780 bits per heavy atom. The molecule has 4 atom stereocenters. The van der Waals surface area contributed by atoms with Gasteiger partial charge in [0.05, 0.1) is 28.5 Å². The van der Waals surface area contributed by atoms with Crippen molar-refractivity contribution < 1.29 is 23.9 Å². The number of urea groups is 1. The van der Waals surface area contributed by atoms with E-state index in [4.69, 9.17) is 9.47 Å². The van der Waals surface area contributed by atoms with E-state index in [0.29, 0.717) is 38.8 Å². The van der Waals surface area contributed by atoms with Gasteiger partial charge in [0, 0.05) is 43.0 Å². The van der Waals surface area contributed by atoms with Crippen LogP contribution in [0.3, 0.4) is 0 Å². The molecule has 0 aliphatic carbocycles. The molecule has 50 heavy (non-hydrogen) atoms. The Morgan fingerprint density at radius 3 is 1.88 bits per heavy atom. The normalized spacial score (nSPS) is 13.5. The number of nitrogens with zero attached hydrogens (tertiary/aromatic N) is 3. The number of carbonyl (C=O) groups excluding carboxylic acids is 3. The quantitative estimate of drug-likeness (QED) is 0.105. The molecule has 3 N–H and O–H groups in total. The number of hydrogen-bond donors (Lipinski definition) is 3. The maximum atomic E-state index is 14.1. The van der Waals surface area contributed by atoms with Crippen LogP contribution in [0.25, 0.3) is 0 Å². The third-order valence-corrected chi connectivity index (χ3v) is 9.47. The van der Waals surface area contributed by atoms with Crippen molar-refractivity contribution in [2.75, 3.05) is 13.7 Å². The van der Waals surface area contributed by atoms with E-state index < -0.39 is 18.2 Å². The molecule has 0 aliphatic heterocycles. The van der Waals surface area contributed by atoms with Crippen LogP contribution in [0, 0.1) is 5.92 Å². The van der Waals surface area contributed by atoms with Crippen molar-refractivity contribution in [3.05, 3.63) is 105 Å². The maximum Gasteiger partial charge on any atom is 0.407 e. The van der Waals surface area contributed by atoms with Gasteiger partial charge in [0.15, 0.2) is 0 Å². The van der Waals surface area contributed by atoms with Gasteiger partial charge in [0.2, 0.25) is 5.91 Å². The first-order chi connectivity index (χ1) is 24.2. The molecular weight excluding hydrogens is 673 g/mol. The minimum absolute atomic E-state index is 0.144. The molecule has 4 rings (SSSR count). The van der Waals surface area contributed by atoms with E-state index in [1.165, 1.54) is 27.6 Å². The molecule has 0 radical (unpaired) electrons. The molecule has 0 fully saturated rings. The first-order valence-corrected chi connectivity index (χ1v) is 18.6. The zero-order chi connectivity index (χ0) is 35.7. The Bertz CT molecular complexity index is 1560. The summed E-state index contributed by atoms with van der Waals surface area (Å²) in [6.07, 6.45) is 4.58. The van der Waals surface area contributed by atoms with Crippen LogP contribution in [-0.2, 0) is 40.3 Å². The highest BCUT2D eigenvalue weighted by Gasteiger charge is 2.31. The van der Waals surface area contributed by atoms with Gasteiger partial charge in [-0.15, -0.1) is 22.7 Å². The molecule has 2 aromatic heterocycles. The van der Waals surface area contributed by atoms with E-state index in [1.807, 2.05) is 74.5 Å². The van der Waals surface area contributed by atoms with Crippen molar-refractivity contribution in [1.29, 1.82) is 0 Å². The van der Waals surface area contributed by atoms with E-state index in [1.54, 1.807) is 37.4 Å². The molecular formula is C37H48N6O5S2. The fourth-order valence-electron chi connectivity index (χ4n) is 5.31. The molecule has 4 amide bonds. The second kappa shape index (κ2) is 20.4. The van der Waals surface area contributed by atoms with Crippen LogP contribution >= 0.6 is 22.7 Å². The molecule has 0 saturated heterocycles. The van der Waals surface area contributed by atoms with Crippen LogP contribution in [0.5, 0.6) is 0 Å². The monoisotopic (exact) mass is 720 g/mol. The first-order valence-electron chi connectivity index (χ1n) is 16.9. The number of ether oxygens (including phenoxy) is 2. The van der Waals surface area contributed by atoms with Crippen molar-refractivity contribution in [1.82, 2.24) is 30.8 Å². The highest BCUT2D eigenvalue weighted by atomic mass is 32.1. The summed E-state index contributed by atoms with van der Waals surface area (Å²) in [4.78, 5) is 51.8. The van der Waals surface area contributed by atoms with Gasteiger partial charge in [0.25, 0.3) is 0 Å². The molecule has 4 unspecified atom stereocenters. The summed E-state index contributed by atoms with van der Waals surface area (Å²) in [5, 5.41) is 9.21. The van der Waals surface area contributed by atoms with Gasteiger partial charge in [-0.1, -0.05) is 74.5 Å². The number of benzene rings is 2. The first kappa shape index (κ1) is 38.5. The smallest absolute Gasteiger partial charge is 0.407 e. The molecule has 2 heterocycles. The third-order valence-electron chi connectivity index (χ3n) is 7.96. The number of rotatable bonds is 19. The summed E-state index contributed by atoms with van der Waals surface area (Å²) < 4.78 is 11.6. The van der Waals surface area contributed by atoms with Crippen LogP contribution in [0.15, 0.2) is 84.1 Å². The predicted octanol–water partition coefficient (Wildman–Crippen LogP) is 6.22. The lowest BCUT2D eigenvalue weighted by atomic mass is 9.95. The lowest BCUT2D eigenvalue weighted by Gasteiger charge is -2.30. The second-order valence-corrected chi connectivity index (χ2v) is 14.7. The third kappa shape index (κ3) is 13.5. The van der Waals surface area contributed by atoms with Crippen molar-refractivity contribution in [2.24, 2.45) is 5.92 Å². The number of alkyl carbamates (subject to hydrolysis) is 1. The highest BCUT2D eigenvalue weighted by Crippen LogP contribution is 2.16. The SMILES string of the molecule is CC(C)COC(C)C(NC(=O)N(C)Cc1cncs1)C(=O)NC(CCC(Cc1ccccc1)NC(=O)OCc1cncs1)Cc1ccccc1. The molecule has 2 aromatic carbocycles. The Morgan fingerprint density at radius 2 is 1.34 bits per heavy atom. The second-order valence-electron chi connectivity index (χ2n) is 12.7. The highest BCUT2D eigenvalue weighted by molar-refractivity contribution is 7.09. The lowest BCUT2D eigenvalue weighted by Crippen LogP contribution is -2.57. The van der Waals surface area contributed by atoms with Crippen LogP contribution in [0.4, 0.5) is 9.59 Å². The summed E-state index contributed by atoms with van der Waals surface area (Å²) in [6, 6.07) is 18.0. The predicted molar refractivity (Wildman–Crippen MR) is 197 cm³/mol. The van der Waals surface area contributed by atoms with Gasteiger partial charge in [-0.05, 0) is 49.7 Å². The van der Waals surface area contributed by atoms with Crippen LogP contribution < -0.4 is 16.0 Å². The van der Waals surface area contributed by atoms with Gasteiger partial charge in [-0.25, -0.2) is 9.59 Å². The minimum Gasteiger partial charge on any atom is -0.444 e. The molecule has 13 heteroatoms. The fraction of sp³-hybridized carbons (Fsp3) is 0.432. The van der Waals surface area contributed by atoms with Gasteiger partial charge < -0.3 is 30.3 Å². The molecule has 0 saturated carbocycles. The zero-order valence-electron chi connectivity index (χ0n) is 29.1. The largest absolute Gasteiger partial charge is 0.444 e. The fourth-order valence-corrected chi connectivity index (χ4v) is 6.46. The number of thiazole rings is 2. The van der Waals surface area contributed by atoms with Gasteiger partial charge in [0.1, 0.15) is 12.6 Å². The summed E-state index contributed by atoms with van der Waals surface area (Å²) >= 11 is 2.89. The zero-order valence-corrected chi connectivity index (χ0v) is 30.8. The standard InChI is InChI=1S/C37H48N6O5S2/c1-26(2)22-47-27(3)34(42-36(45)43(4)21-32-19-38-24-49-32)35(44)40-30(17-28-11-7-5-8-12-28)15-16-31(18-29-13-9-6-10-14-29)41-37(46)48-23-33-20-39-25-50-33/h5-14,19-20,24-27,30-31,34H,15-18,21-23H2,1-4H3,(H,40,44)(H,41,46)(H,42,45). The molecule has 4 aromatic rings. The van der Waals surface area contributed by atoms with Gasteiger partial charge in [-0.2, -0.15) is 0 Å². The van der Waals surface area contributed by atoms with Gasteiger partial charge >= 0.3 is 12.1 Å². The molecule has 0 spiro atoms. The van der Waals surface area contributed by atoms with E-state index in [0.717, 1.165) is 20.9 Å². The van der Waals surface area contributed by atoms with Crippen molar-refractivity contribution in [3.8, 4) is 0 Å². The van der Waals surface area contributed by atoms with Crippen LogP contribution in [0.2, 0.25) is 0 Å². The van der Waals surface area contributed by atoms with E-state index >= 15 is 0 Å². The van der Waals surface area contributed by atoms with Crippen LogP contribution in [-0.4, -0.2) is 70.8 Å². The Labute approximate surface area is 302 Å². The summed E-state index contributed by atoms with van der Waals surface area (Å²) in [5.41, 5.74) is 5.55. The van der Waals surface area contributed by atoms with E-state index in [9.17, 15) is 14.4 Å². The molecule has 0 bridgehead atoms. The summed E-state index contributed by atoms with van der Waals surface area (Å²) in [6.45, 7) is 6.83. The van der Waals surface area contributed by atoms with E-state index in [-0.39, 0.29) is 36.5 Å². The number of nitrogens with one attached hydrogen (secondary N) is 3. The number of aromatic nitrogens is 2. The number of hydrogen-bond acceptors (Lipinski definition) is 9.